The van der Waals surface area contributed by atoms with Gasteiger partial charge in [0.1, 0.15) is 18.2 Å². The first kappa shape index (κ1) is 15.2. The van der Waals surface area contributed by atoms with Crippen LogP contribution in [0.2, 0.25) is 0 Å². The number of fused-ring (bicyclic) bond motifs is 1. The van der Waals surface area contributed by atoms with Crippen LogP contribution in [-0.2, 0) is 22.7 Å². The summed E-state index contributed by atoms with van der Waals surface area (Å²) in [5.74, 6) is 2.15. The number of hydrogen-bond donors (Lipinski definition) is 1. The second-order valence-corrected chi connectivity index (χ2v) is 6.38. The van der Waals surface area contributed by atoms with Crippen LogP contribution in [0.15, 0.2) is 30.5 Å². The molecule has 1 atom stereocenters. The van der Waals surface area contributed by atoms with E-state index in [1.54, 1.807) is 7.11 Å². The number of ether oxygens (including phenoxy) is 2. The molecule has 0 saturated heterocycles. The van der Waals surface area contributed by atoms with E-state index < -0.39 is 0 Å². The molecule has 1 aliphatic carbocycles. The number of nitrogens with zero attached hydrogens (tertiary/aromatic N) is 2. The normalized spacial score (nSPS) is 19.6. The second-order valence-electron chi connectivity index (χ2n) is 6.38. The highest BCUT2D eigenvalue weighted by molar-refractivity contribution is 5.80. The number of aromatic nitrogens is 2. The summed E-state index contributed by atoms with van der Waals surface area (Å²) >= 11 is 0. The van der Waals surface area contributed by atoms with Crippen LogP contribution in [0.5, 0.6) is 5.75 Å². The van der Waals surface area contributed by atoms with Crippen molar-refractivity contribution in [1.82, 2.24) is 14.9 Å². The Morgan fingerprint density at radius 2 is 2.17 bits per heavy atom. The number of carbonyl (C=O) groups is 1. The predicted molar refractivity (Wildman–Crippen MR) is 88.5 cm³/mol. The quantitative estimate of drug-likeness (QED) is 0.912. The lowest BCUT2D eigenvalue weighted by molar-refractivity contribution is -0.123. The molecule has 2 heterocycles. The Bertz CT molecular complexity index is 734. The number of hydrogen-bond acceptors (Lipinski definition) is 4. The van der Waals surface area contributed by atoms with Gasteiger partial charge in [0.25, 0.3) is 0 Å². The van der Waals surface area contributed by atoms with E-state index in [0.29, 0.717) is 19.7 Å². The van der Waals surface area contributed by atoms with Crippen molar-refractivity contribution in [3.8, 4) is 17.0 Å². The Morgan fingerprint density at radius 3 is 2.88 bits per heavy atom. The third-order valence-electron chi connectivity index (χ3n) is 4.55. The van der Waals surface area contributed by atoms with E-state index in [4.69, 9.17) is 9.47 Å². The van der Waals surface area contributed by atoms with E-state index in [1.807, 2.05) is 24.3 Å². The molecule has 2 aliphatic rings. The van der Waals surface area contributed by atoms with Crippen molar-refractivity contribution in [2.45, 2.75) is 32.1 Å². The molecule has 1 saturated carbocycles. The summed E-state index contributed by atoms with van der Waals surface area (Å²) in [4.78, 5) is 16.4. The van der Waals surface area contributed by atoms with Gasteiger partial charge in [0.15, 0.2) is 0 Å². The van der Waals surface area contributed by atoms with E-state index in [1.165, 1.54) is 0 Å². The lowest BCUT2D eigenvalue weighted by atomic mass is 10.2. The molecule has 0 spiro atoms. The van der Waals surface area contributed by atoms with Crippen molar-refractivity contribution in [1.29, 1.82) is 0 Å². The van der Waals surface area contributed by atoms with Crippen LogP contribution in [0.1, 0.15) is 18.7 Å². The molecule has 1 aliphatic heterocycles. The van der Waals surface area contributed by atoms with E-state index in [2.05, 4.69) is 21.1 Å². The van der Waals surface area contributed by atoms with Crippen LogP contribution in [0.25, 0.3) is 11.3 Å². The summed E-state index contributed by atoms with van der Waals surface area (Å²) in [6, 6.07) is 7.86. The van der Waals surface area contributed by atoms with Crippen molar-refractivity contribution in [3.05, 3.63) is 36.3 Å². The second kappa shape index (κ2) is 6.28. The minimum atomic E-state index is -0.00174. The first-order valence-corrected chi connectivity index (χ1v) is 8.32. The molecule has 1 amide bonds. The van der Waals surface area contributed by atoms with Gasteiger partial charge < -0.3 is 19.4 Å². The summed E-state index contributed by atoms with van der Waals surface area (Å²) in [7, 11) is 1.66. The zero-order chi connectivity index (χ0) is 16.5. The Hall–Kier alpha value is -2.34. The monoisotopic (exact) mass is 327 g/mol. The fourth-order valence-corrected chi connectivity index (χ4v) is 2.92. The highest BCUT2D eigenvalue weighted by Gasteiger charge is 2.30. The molecule has 6 nitrogen and oxygen atoms in total. The Morgan fingerprint density at radius 1 is 1.38 bits per heavy atom. The average Bonchev–Trinajstić information content (AvgIpc) is 3.39. The largest absolute Gasteiger partial charge is 0.497 e. The number of imidazole rings is 1. The number of rotatable bonds is 5. The summed E-state index contributed by atoms with van der Waals surface area (Å²) in [6.45, 7) is 1.74. The minimum Gasteiger partial charge on any atom is -0.497 e. The van der Waals surface area contributed by atoms with Crippen LogP contribution >= 0.6 is 0 Å². The fourth-order valence-electron chi connectivity index (χ4n) is 2.92. The smallest absolute Gasteiger partial charge is 0.223 e. The van der Waals surface area contributed by atoms with Gasteiger partial charge in [-0.05, 0) is 37.1 Å². The van der Waals surface area contributed by atoms with Gasteiger partial charge >= 0.3 is 0 Å². The molecule has 6 heteroatoms. The maximum absolute atomic E-state index is 11.7. The predicted octanol–water partition coefficient (Wildman–Crippen LogP) is 1.98. The number of benzene rings is 1. The topological polar surface area (TPSA) is 65.4 Å². The number of methoxy groups -OCH3 is 1. The molecule has 2 aromatic rings. The standard InChI is InChI=1S/C18H21N3O3/c1-23-14-6-4-12(5-7-14)16-10-21-9-15(24-11-17(21)20-16)8-19-18(22)13-2-3-13/h4-7,10,13,15H,2-3,8-9,11H2,1H3,(H,19,22)/t15-/m0/s1. The maximum atomic E-state index is 11.7. The molecule has 24 heavy (non-hydrogen) atoms. The molecule has 1 aromatic heterocycles. The van der Waals surface area contributed by atoms with Crippen LogP contribution in [0.4, 0.5) is 0 Å². The zero-order valence-corrected chi connectivity index (χ0v) is 13.7. The van der Waals surface area contributed by atoms with Crippen LogP contribution in [0.3, 0.4) is 0 Å². The Kier molecular flexibility index (Phi) is 3.98. The molecule has 1 fully saturated rings. The van der Waals surface area contributed by atoms with Crippen LogP contribution in [0, 0.1) is 5.92 Å². The first-order chi connectivity index (χ1) is 11.7. The van der Waals surface area contributed by atoms with Gasteiger partial charge in [-0.1, -0.05) is 0 Å². The van der Waals surface area contributed by atoms with Crippen molar-refractivity contribution < 1.29 is 14.3 Å². The van der Waals surface area contributed by atoms with E-state index in [9.17, 15) is 4.79 Å². The Labute approximate surface area is 140 Å². The Balaban J connectivity index is 1.42. The number of amides is 1. The molecule has 126 valence electrons. The van der Waals surface area contributed by atoms with Gasteiger partial charge in [-0.25, -0.2) is 4.98 Å². The third kappa shape index (κ3) is 3.14. The summed E-state index contributed by atoms with van der Waals surface area (Å²) in [5, 5.41) is 2.98. The summed E-state index contributed by atoms with van der Waals surface area (Å²) < 4.78 is 13.1. The molecule has 1 N–H and O–H groups in total. The lowest BCUT2D eigenvalue weighted by Crippen LogP contribution is -2.39. The van der Waals surface area contributed by atoms with Crippen molar-refractivity contribution in [3.63, 3.8) is 0 Å². The lowest BCUT2D eigenvalue weighted by Gasteiger charge is -2.24. The van der Waals surface area contributed by atoms with Gasteiger partial charge in [-0.2, -0.15) is 0 Å². The van der Waals surface area contributed by atoms with Gasteiger partial charge in [0.05, 0.1) is 25.5 Å². The number of carbonyl (C=O) groups excluding carboxylic acids is 1. The molecule has 4 rings (SSSR count). The highest BCUT2D eigenvalue weighted by atomic mass is 16.5. The third-order valence-corrected chi connectivity index (χ3v) is 4.55. The first-order valence-electron chi connectivity index (χ1n) is 8.32. The van der Waals surface area contributed by atoms with Gasteiger partial charge in [0.2, 0.25) is 5.91 Å². The van der Waals surface area contributed by atoms with E-state index >= 15 is 0 Å². The average molecular weight is 327 g/mol. The van der Waals surface area contributed by atoms with Crippen LogP contribution in [-0.4, -0.2) is 35.2 Å². The van der Waals surface area contributed by atoms with E-state index in [-0.39, 0.29) is 17.9 Å². The summed E-state index contributed by atoms with van der Waals surface area (Å²) in [5.41, 5.74) is 1.98. The number of nitrogens with one attached hydrogen (secondary N) is 1. The molecule has 0 unspecified atom stereocenters. The van der Waals surface area contributed by atoms with Gasteiger partial charge in [-0.3, -0.25) is 4.79 Å². The molecule has 1 aromatic carbocycles. The fraction of sp³-hybridized carbons (Fsp3) is 0.444. The zero-order valence-electron chi connectivity index (χ0n) is 13.7. The molecular weight excluding hydrogens is 306 g/mol. The van der Waals surface area contributed by atoms with Crippen molar-refractivity contribution in [2.75, 3.05) is 13.7 Å². The highest BCUT2D eigenvalue weighted by Crippen LogP contribution is 2.29. The summed E-state index contributed by atoms with van der Waals surface area (Å²) in [6.07, 6.45) is 4.09. The van der Waals surface area contributed by atoms with Gasteiger partial charge in [0, 0.05) is 24.2 Å². The van der Waals surface area contributed by atoms with Crippen molar-refractivity contribution >= 4 is 5.91 Å². The maximum Gasteiger partial charge on any atom is 0.223 e. The minimum absolute atomic E-state index is 0.00174. The van der Waals surface area contributed by atoms with Crippen LogP contribution < -0.4 is 10.1 Å². The van der Waals surface area contributed by atoms with Gasteiger partial charge in [-0.15, -0.1) is 0 Å². The van der Waals surface area contributed by atoms with E-state index in [0.717, 1.165) is 35.7 Å². The molecular formula is C18H21N3O3. The van der Waals surface area contributed by atoms with Crippen molar-refractivity contribution in [2.24, 2.45) is 5.92 Å². The SMILES string of the molecule is COc1ccc(-c2cn3c(n2)CO[C@@H](CNC(=O)C2CC2)C3)cc1. The molecule has 0 radical (unpaired) electrons. The molecule has 0 bridgehead atoms.